The summed E-state index contributed by atoms with van der Waals surface area (Å²) < 4.78 is 14.6. The number of nitrogens with one attached hydrogen (secondary N) is 1. The molecule has 0 aliphatic carbocycles. The molecule has 0 heterocycles. The van der Waals surface area contributed by atoms with Gasteiger partial charge in [-0.05, 0) is 38.2 Å². The predicted molar refractivity (Wildman–Crippen MR) is 102 cm³/mol. The molecule has 26 heavy (non-hydrogen) atoms. The lowest BCUT2D eigenvalue weighted by atomic mass is 10.1. The molecule has 0 aliphatic rings. The molecule has 0 aliphatic heterocycles. The molecule has 0 spiro atoms. The number of carbonyl (C=O) groups is 1. The second kappa shape index (κ2) is 8.57. The third-order valence-electron chi connectivity index (χ3n) is 3.89. The van der Waals surface area contributed by atoms with Gasteiger partial charge in [-0.3, -0.25) is 19.8 Å². The Morgan fingerprint density at radius 2 is 2.08 bits per heavy atom. The molecule has 0 saturated carbocycles. The van der Waals surface area contributed by atoms with Gasteiger partial charge in [-0.25, -0.2) is 4.39 Å². The first-order chi connectivity index (χ1) is 12.2. The van der Waals surface area contributed by atoms with Gasteiger partial charge in [-0.15, -0.1) is 0 Å². The molecule has 138 valence electrons. The molecule has 0 bridgehead atoms. The van der Waals surface area contributed by atoms with E-state index in [0.717, 1.165) is 4.47 Å². The van der Waals surface area contributed by atoms with Crippen molar-refractivity contribution >= 4 is 44.8 Å². The van der Waals surface area contributed by atoms with Crippen molar-refractivity contribution in [2.75, 3.05) is 12.4 Å². The Morgan fingerprint density at radius 1 is 1.38 bits per heavy atom. The van der Waals surface area contributed by atoms with Crippen LogP contribution >= 0.6 is 27.5 Å². The van der Waals surface area contributed by atoms with Crippen molar-refractivity contribution in [3.05, 3.63) is 67.4 Å². The topological polar surface area (TPSA) is 75.5 Å². The minimum Gasteiger partial charge on any atom is -0.323 e. The molecule has 1 atom stereocenters. The highest BCUT2D eigenvalue weighted by Gasteiger charge is 2.21. The maximum atomic E-state index is 13.9. The van der Waals surface area contributed by atoms with Crippen LogP contribution in [0.3, 0.4) is 0 Å². The van der Waals surface area contributed by atoms with E-state index in [9.17, 15) is 19.3 Å². The molecule has 2 aromatic rings. The fraction of sp³-hybridized carbons (Fsp3) is 0.235. The fourth-order valence-corrected chi connectivity index (χ4v) is 2.80. The van der Waals surface area contributed by atoms with E-state index in [-0.39, 0.29) is 28.8 Å². The number of halogens is 3. The molecular weight excluding hydrogens is 429 g/mol. The zero-order valence-electron chi connectivity index (χ0n) is 14.0. The predicted octanol–water partition coefficient (Wildman–Crippen LogP) is 4.61. The number of nitro benzene ring substituents is 1. The molecule has 1 unspecified atom stereocenters. The van der Waals surface area contributed by atoms with Crippen molar-refractivity contribution in [2.45, 2.75) is 19.5 Å². The average molecular weight is 445 g/mol. The first-order valence-electron chi connectivity index (χ1n) is 7.58. The van der Waals surface area contributed by atoms with E-state index in [4.69, 9.17) is 11.6 Å². The van der Waals surface area contributed by atoms with Gasteiger partial charge >= 0.3 is 0 Å². The minimum atomic E-state index is -0.622. The summed E-state index contributed by atoms with van der Waals surface area (Å²) in [6.45, 7) is 1.86. The molecule has 2 aromatic carbocycles. The molecule has 0 aromatic heterocycles. The molecule has 2 rings (SSSR count). The molecule has 1 amide bonds. The molecule has 0 radical (unpaired) electrons. The second-order valence-corrected chi connectivity index (χ2v) is 7.06. The molecular formula is C17H16BrClFN3O3. The van der Waals surface area contributed by atoms with Crippen LogP contribution in [0.2, 0.25) is 5.02 Å². The number of nitro groups is 1. The summed E-state index contributed by atoms with van der Waals surface area (Å²) in [5, 5.41) is 13.6. The number of nitrogens with zero attached hydrogens (tertiary/aromatic N) is 2. The van der Waals surface area contributed by atoms with Gasteiger partial charge in [-0.2, -0.15) is 0 Å². The van der Waals surface area contributed by atoms with Gasteiger partial charge < -0.3 is 5.32 Å². The van der Waals surface area contributed by atoms with Crippen LogP contribution in [0.25, 0.3) is 0 Å². The van der Waals surface area contributed by atoms with Crippen molar-refractivity contribution in [2.24, 2.45) is 0 Å². The highest BCUT2D eigenvalue weighted by atomic mass is 79.9. The van der Waals surface area contributed by atoms with E-state index in [1.807, 2.05) is 0 Å². The lowest BCUT2D eigenvalue weighted by Crippen LogP contribution is -2.39. The largest absolute Gasteiger partial charge is 0.323 e. The maximum Gasteiger partial charge on any atom is 0.271 e. The Labute approximate surface area is 163 Å². The van der Waals surface area contributed by atoms with Crippen molar-refractivity contribution in [3.63, 3.8) is 0 Å². The van der Waals surface area contributed by atoms with Crippen LogP contribution in [-0.2, 0) is 11.3 Å². The van der Waals surface area contributed by atoms with E-state index >= 15 is 0 Å². The van der Waals surface area contributed by atoms with Crippen LogP contribution in [0.5, 0.6) is 0 Å². The number of hydrogen-bond acceptors (Lipinski definition) is 4. The average Bonchev–Trinajstić information content (AvgIpc) is 2.59. The summed E-state index contributed by atoms with van der Waals surface area (Å²) in [5.41, 5.74) is 0.413. The summed E-state index contributed by atoms with van der Waals surface area (Å²) in [6, 6.07) is 7.77. The fourth-order valence-electron chi connectivity index (χ4n) is 2.23. The lowest BCUT2D eigenvalue weighted by molar-refractivity contribution is -0.384. The van der Waals surface area contributed by atoms with Gasteiger partial charge in [0.05, 0.1) is 21.7 Å². The van der Waals surface area contributed by atoms with E-state index in [0.29, 0.717) is 5.56 Å². The number of carbonyl (C=O) groups excluding carboxylic acids is 1. The van der Waals surface area contributed by atoms with Gasteiger partial charge in [0.25, 0.3) is 5.69 Å². The van der Waals surface area contributed by atoms with E-state index < -0.39 is 16.9 Å². The summed E-state index contributed by atoms with van der Waals surface area (Å²) in [7, 11) is 1.68. The molecule has 0 saturated heterocycles. The van der Waals surface area contributed by atoms with Gasteiger partial charge in [0.2, 0.25) is 5.91 Å². The van der Waals surface area contributed by atoms with Crippen LogP contribution in [0.15, 0.2) is 40.9 Å². The van der Waals surface area contributed by atoms with Crippen molar-refractivity contribution in [1.82, 2.24) is 4.90 Å². The van der Waals surface area contributed by atoms with Crippen LogP contribution in [0.1, 0.15) is 12.5 Å². The summed E-state index contributed by atoms with van der Waals surface area (Å²) >= 11 is 9.28. The van der Waals surface area contributed by atoms with Gasteiger partial charge in [0.15, 0.2) is 0 Å². The quantitative estimate of drug-likeness (QED) is 0.521. The van der Waals surface area contributed by atoms with Gasteiger partial charge in [0, 0.05) is 28.7 Å². The van der Waals surface area contributed by atoms with E-state index in [2.05, 4.69) is 21.2 Å². The normalized spacial score (nSPS) is 12.1. The SMILES string of the molecule is CC(C(=O)Nc1cc([N+](=O)[O-])ccc1Cl)N(C)Cc1cc(Br)ccc1F. The van der Waals surface area contributed by atoms with Crippen LogP contribution < -0.4 is 5.32 Å². The van der Waals surface area contributed by atoms with Crippen molar-refractivity contribution < 1.29 is 14.1 Å². The Balaban J connectivity index is 2.10. The highest BCUT2D eigenvalue weighted by molar-refractivity contribution is 9.10. The third kappa shape index (κ3) is 5.00. The maximum absolute atomic E-state index is 13.9. The number of benzene rings is 2. The Kier molecular flexibility index (Phi) is 6.69. The second-order valence-electron chi connectivity index (χ2n) is 5.74. The minimum absolute atomic E-state index is 0.153. The Hall–Kier alpha value is -2.03. The molecule has 1 N–H and O–H groups in total. The van der Waals surface area contributed by atoms with Crippen molar-refractivity contribution in [1.29, 1.82) is 0 Å². The smallest absolute Gasteiger partial charge is 0.271 e. The van der Waals surface area contributed by atoms with Crippen molar-refractivity contribution in [3.8, 4) is 0 Å². The summed E-state index contributed by atoms with van der Waals surface area (Å²) in [6.07, 6.45) is 0. The van der Waals surface area contributed by atoms with Crippen LogP contribution in [-0.4, -0.2) is 28.8 Å². The summed E-state index contributed by atoms with van der Waals surface area (Å²) in [5.74, 6) is -0.778. The molecule has 9 heteroatoms. The first kappa shape index (κ1) is 20.3. The molecule has 6 nitrogen and oxygen atoms in total. The van der Waals surface area contributed by atoms with E-state index in [1.165, 1.54) is 24.3 Å². The Morgan fingerprint density at radius 3 is 2.73 bits per heavy atom. The first-order valence-corrected chi connectivity index (χ1v) is 8.75. The number of amides is 1. The number of rotatable bonds is 6. The zero-order valence-corrected chi connectivity index (χ0v) is 16.3. The zero-order chi connectivity index (χ0) is 19.4. The number of hydrogen-bond donors (Lipinski definition) is 1. The monoisotopic (exact) mass is 443 g/mol. The number of non-ortho nitro benzene ring substituents is 1. The van der Waals surface area contributed by atoms with Gasteiger partial charge in [-0.1, -0.05) is 27.5 Å². The number of anilines is 1. The lowest BCUT2D eigenvalue weighted by Gasteiger charge is -2.24. The van der Waals surface area contributed by atoms with Crippen LogP contribution in [0, 0.1) is 15.9 Å². The Bertz CT molecular complexity index is 850. The highest BCUT2D eigenvalue weighted by Crippen LogP contribution is 2.27. The summed E-state index contributed by atoms with van der Waals surface area (Å²) in [4.78, 5) is 24.4. The standard InChI is InChI=1S/C17H16BrClFN3O3/c1-10(22(2)9-11-7-12(18)3-6-15(11)20)17(24)21-16-8-13(23(25)26)4-5-14(16)19/h3-8,10H,9H2,1-2H3,(H,21,24). The molecule has 0 fully saturated rings. The van der Waals surface area contributed by atoms with E-state index in [1.54, 1.807) is 31.0 Å². The van der Waals surface area contributed by atoms with Gasteiger partial charge in [0.1, 0.15) is 5.82 Å². The number of likely N-dealkylation sites (N-methyl/N-ethyl adjacent to an activating group) is 1. The third-order valence-corrected chi connectivity index (χ3v) is 4.71. The van der Waals surface area contributed by atoms with Crippen LogP contribution in [0.4, 0.5) is 15.8 Å².